The van der Waals surface area contributed by atoms with Crippen molar-refractivity contribution in [3.05, 3.63) is 52.5 Å². The third-order valence-electron chi connectivity index (χ3n) is 3.17. The maximum absolute atomic E-state index is 12.2. The number of carbonyl (C=O) groups excluding carboxylic acids is 1. The Morgan fingerprint density at radius 1 is 1.14 bits per heavy atom. The van der Waals surface area contributed by atoms with E-state index in [1.165, 1.54) is 0 Å². The number of nitrogens with one attached hydrogen (secondary N) is 1. The Kier molecular flexibility index (Phi) is 5.44. The number of methoxy groups -OCH3 is 1. The molecule has 1 amide bonds. The van der Waals surface area contributed by atoms with E-state index in [1.54, 1.807) is 38.3 Å². The second-order valence-electron chi connectivity index (χ2n) is 4.89. The van der Waals surface area contributed by atoms with Gasteiger partial charge in [-0.05, 0) is 61.9 Å². The highest BCUT2D eigenvalue weighted by molar-refractivity contribution is 9.10. The quantitative estimate of drug-likeness (QED) is 0.866. The number of hydrogen-bond acceptors (Lipinski definition) is 3. The molecular weight excluding hydrogens is 346 g/mol. The van der Waals surface area contributed by atoms with E-state index >= 15 is 0 Å². The summed E-state index contributed by atoms with van der Waals surface area (Å²) in [6.45, 7) is 3.68. The number of anilines is 1. The second kappa shape index (κ2) is 7.31. The molecule has 0 aliphatic carbocycles. The predicted octanol–water partition coefficient (Wildman–Crippen LogP) is 4.17. The zero-order valence-electron chi connectivity index (χ0n) is 12.7. The molecule has 1 atom stereocenters. The lowest BCUT2D eigenvalue weighted by atomic mass is 10.2. The van der Waals surface area contributed by atoms with Crippen molar-refractivity contribution >= 4 is 27.5 Å². The third-order valence-corrected chi connectivity index (χ3v) is 4.06. The molecule has 22 heavy (non-hydrogen) atoms. The Hall–Kier alpha value is -2.01. The standard InChI is InChI=1S/C17H18BrNO3/c1-11-10-13(4-9-16(11)18)19-17(20)12(2)22-15-7-5-14(21-3)6-8-15/h4-10,12H,1-3H3,(H,19,20)/t12-/m1/s1. The highest BCUT2D eigenvalue weighted by Crippen LogP contribution is 2.21. The van der Waals surface area contributed by atoms with Gasteiger partial charge in [0.25, 0.3) is 5.91 Å². The molecule has 5 heteroatoms. The largest absolute Gasteiger partial charge is 0.497 e. The smallest absolute Gasteiger partial charge is 0.265 e. The number of halogens is 1. The minimum atomic E-state index is -0.600. The average molecular weight is 364 g/mol. The first-order chi connectivity index (χ1) is 10.5. The van der Waals surface area contributed by atoms with E-state index in [1.807, 2.05) is 25.1 Å². The minimum Gasteiger partial charge on any atom is -0.497 e. The number of ether oxygens (including phenoxy) is 2. The third kappa shape index (κ3) is 4.24. The lowest BCUT2D eigenvalue weighted by Crippen LogP contribution is -2.30. The lowest BCUT2D eigenvalue weighted by molar-refractivity contribution is -0.122. The van der Waals surface area contributed by atoms with Crippen LogP contribution in [0.5, 0.6) is 11.5 Å². The first-order valence-electron chi connectivity index (χ1n) is 6.87. The first kappa shape index (κ1) is 16.4. The summed E-state index contributed by atoms with van der Waals surface area (Å²) in [4.78, 5) is 12.2. The van der Waals surface area contributed by atoms with Gasteiger partial charge in [-0.3, -0.25) is 4.79 Å². The second-order valence-corrected chi connectivity index (χ2v) is 5.74. The predicted molar refractivity (Wildman–Crippen MR) is 90.6 cm³/mol. The Bertz CT molecular complexity index is 655. The summed E-state index contributed by atoms with van der Waals surface area (Å²) in [6.07, 6.45) is -0.600. The molecule has 0 aliphatic rings. The van der Waals surface area contributed by atoms with Gasteiger partial charge in [0.1, 0.15) is 11.5 Å². The van der Waals surface area contributed by atoms with Crippen molar-refractivity contribution in [1.82, 2.24) is 0 Å². The zero-order valence-corrected chi connectivity index (χ0v) is 14.3. The lowest BCUT2D eigenvalue weighted by Gasteiger charge is -2.15. The fourth-order valence-corrected chi connectivity index (χ4v) is 2.12. The molecule has 0 bridgehead atoms. The van der Waals surface area contributed by atoms with E-state index in [9.17, 15) is 4.79 Å². The maximum atomic E-state index is 12.2. The molecule has 0 radical (unpaired) electrons. The van der Waals surface area contributed by atoms with Crippen LogP contribution >= 0.6 is 15.9 Å². The Morgan fingerprint density at radius 2 is 1.77 bits per heavy atom. The molecule has 0 aromatic heterocycles. The summed E-state index contributed by atoms with van der Waals surface area (Å²) in [5.41, 5.74) is 1.80. The van der Waals surface area contributed by atoms with Crippen LogP contribution < -0.4 is 14.8 Å². The van der Waals surface area contributed by atoms with Crippen LogP contribution in [-0.4, -0.2) is 19.1 Å². The van der Waals surface area contributed by atoms with Gasteiger partial charge in [-0.15, -0.1) is 0 Å². The van der Waals surface area contributed by atoms with Crippen LogP contribution in [0.3, 0.4) is 0 Å². The van der Waals surface area contributed by atoms with Crippen molar-refractivity contribution in [3.8, 4) is 11.5 Å². The number of amides is 1. The van der Waals surface area contributed by atoms with Crippen molar-refractivity contribution in [2.24, 2.45) is 0 Å². The molecule has 0 fully saturated rings. The molecule has 1 N–H and O–H groups in total. The van der Waals surface area contributed by atoms with E-state index in [-0.39, 0.29) is 5.91 Å². The van der Waals surface area contributed by atoms with E-state index in [4.69, 9.17) is 9.47 Å². The van der Waals surface area contributed by atoms with Gasteiger partial charge in [0.05, 0.1) is 7.11 Å². The summed E-state index contributed by atoms with van der Waals surface area (Å²) in [6, 6.07) is 12.8. The van der Waals surface area contributed by atoms with Crippen molar-refractivity contribution in [2.75, 3.05) is 12.4 Å². The van der Waals surface area contributed by atoms with E-state index in [0.29, 0.717) is 5.75 Å². The van der Waals surface area contributed by atoms with Crippen LogP contribution in [-0.2, 0) is 4.79 Å². The number of rotatable bonds is 5. The summed E-state index contributed by atoms with van der Waals surface area (Å²) in [7, 11) is 1.60. The summed E-state index contributed by atoms with van der Waals surface area (Å²) in [5.74, 6) is 1.17. The Balaban J connectivity index is 1.97. The number of benzene rings is 2. The van der Waals surface area contributed by atoms with Gasteiger partial charge >= 0.3 is 0 Å². The van der Waals surface area contributed by atoms with Crippen LogP contribution in [0.25, 0.3) is 0 Å². The van der Waals surface area contributed by atoms with Crippen LogP contribution in [0.4, 0.5) is 5.69 Å². The summed E-state index contributed by atoms with van der Waals surface area (Å²) >= 11 is 3.43. The fraction of sp³-hybridized carbons (Fsp3) is 0.235. The van der Waals surface area contributed by atoms with Crippen LogP contribution in [0, 0.1) is 6.92 Å². The average Bonchev–Trinajstić information content (AvgIpc) is 2.51. The van der Waals surface area contributed by atoms with Crippen LogP contribution in [0.15, 0.2) is 46.9 Å². The summed E-state index contributed by atoms with van der Waals surface area (Å²) in [5, 5.41) is 2.84. The van der Waals surface area contributed by atoms with E-state index in [2.05, 4.69) is 21.2 Å². The SMILES string of the molecule is COc1ccc(O[C@H](C)C(=O)Nc2ccc(Br)c(C)c2)cc1. The molecule has 2 rings (SSSR count). The molecule has 2 aromatic carbocycles. The Morgan fingerprint density at radius 3 is 2.36 bits per heavy atom. The van der Waals surface area contributed by atoms with Crippen molar-refractivity contribution in [1.29, 1.82) is 0 Å². The first-order valence-corrected chi connectivity index (χ1v) is 7.66. The van der Waals surface area contributed by atoms with Crippen molar-refractivity contribution in [2.45, 2.75) is 20.0 Å². The van der Waals surface area contributed by atoms with Gasteiger partial charge in [-0.2, -0.15) is 0 Å². The molecule has 116 valence electrons. The van der Waals surface area contributed by atoms with Gasteiger partial charge in [-0.25, -0.2) is 0 Å². The molecule has 0 aliphatic heterocycles. The van der Waals surface area contributed by atoms with E-state index in [0.717, 1.165) is 21.5 Å². The van der Waals surface area contributed by atoms with Crippen LogP contribution in [0.1, 0.15) is 12.5 Å². The van der Waals surface area contributed by atoms with Gasteiger partial charge in [-0.1, -0.05) is 15.9 Å². The van der Waals surface area contributed by atoms with Gasteiger partial charge in [0.15, 0.2) is 6.10 Å². The molecule has 4 nitrogen and oxygen atoms in total. The normalized spacial score (nSPS) is 11.6. The molecule has 0 saturated carbocycles. The summed E-state index contributed by atoms with van der Waals surface area (Å²) < 4.78 is 11.7. The topological polar surface area (TPSA) is 47.6 Å². The van der Waals surface area contributed by atoms with Gasteiger partial charge < -0.3 is 14.8 Å². The molecule has 0 heterocycles. The van der Waals surface area contributed by atoms with Crippen molar-refractivity contribution < 1.29 is 14.3 Å². The number of carbonyl (C=O) groups is 1. The molecule has 0 unspecified atom stereocenters. The maximum Gasteiger partial charge on any atom is 0.265 e. The molecule has 0 saturated heterocycles. The highest BCUT2D eigenvalue weighted by Gasteiger charge is 2.15. The van der Waals surface area contributed by atoms with E-state index < -0.39 is 6.10 Å². The number of hydrogen-bond donors (Lipinski definition) is 1. The monoisotopic (exact) mass is 363 g/mol. The van der Waals surface area contributed by atoms with Crippen molar-refractivity contribution in [3.63, 3.8) is 0 Å². The van der Waals surface area contributed by atoms with Gasteiger partial charge in [0, 0.05) is 10.2 Å². The Labute approximate surface area is 138 Å². The highest BCUT2D eigenvalue weighted by atomic mass is 79.9. The fourth-order valence-electron chi connectivity index (χ4n) is 1.88. The molecular formula is C17H18BrNO3. The zero-order chi connectivity index (χ0) is 16.1. The number of aryl methyl sites for hydroxylation is 1. The van der Waals surface area contributed by atoms with Crippen LogP contribution in [0.2, 0.25) is 0 Å². The van der Waals surface area contributed by atoms with Gasteiger partial charge in [0.2, 0.25) is 0 Å². The molecule has 2 aromatic rings. The molecule has 0 spiro atoms. The minimum absolute atomic E-state index is 0.197.